The van der Waals surface area contributed by atoms with Crippen LogP contribution in [0.2, 0.25) is 0 Å². The predicted molar refractivity (Wildman–Crippen MR) is 103 cm³/mol. The highest BCUT2D eigenvalue weighted by Crippen LogP contribution is 2.09. The summed E-state index contributed by atoms with van der Waals surface area (Å²) in [5.74, 6) is -0.229. The van der Waals surface area contributed by atoms with Gasteiger partial charge in [-0.1, -0.05) is 36.4 Å². The van der Waals surface area contributed by atoms with Crippen LogP contribution < -0.4 is 5.43 Å². The van der Waals surface area contributed by atoms with Gasteiger partial charge in [-0.15, -0.1) is 0 Å². The Balaban J connectivity index is 1.62. The topological polar surface area (TPSA) is 59.3 Å². The monoisotopic (exact) mass is 346 g/mol. The van der Waals surface area contributed by atoms with Gasteiger partial charge in [-0.25, -0.2) is 5.43 Å². The van der Waals surface area contributed by atoms with Crippen LogP contribution in [0.5, 0.6) is 0 Å². The summed E-state index contributed by atoms with van der Waals surface area (Å²) in [4.78, 5) is 12.2. The normalized spacial score (nSPS) is 11.0. The van der Waals surface area contributed by atoms with Crippen molar-refractivity contribution in [3.05, 3.63) is 88.2 Å². The molecule has 0 aliphatic rings. The van der Waals surface area contributed by atoms with E-state index in [4.69, 9.17) is 0 Å². The lowest BCUT2D eigenvalue weighted by atomic mass is 10.1. The molecular formula is C21H22N4O. The summed E-state index contributed by atoms with van der Waals surface area (Å²) < 4.78 is 1.96. The highest BCUT2D eigenvalue weighted by molar-refractivity contribution is 5.95. The van der Waals surface area contributed by atoms with Crippen LogP contribution >= 0.6 is 0 Å². The summed E-state index contributed by atoms with van der Waals surface area (Å²) in [7, 11) is 0. The Hall–Kier alpha value is -3.21. The molecule has 0 aliphatic heterocycles. The zero-order valence-electron chi connectivity index (χ0n) is 15.2. The summed E-state index contributed by atoms with van der Waals surface area (Å²) >= 11 is 0. The maximum absolute atomic E-state index is 12.2. The third-order valence-corrected chi connectivity index (χ3v) is 4.21. The van der Waals surface area contributed by atoms with Crippen molar-refractivity contribution in [3.8, 4) is 0 Å². The average Bonchev–Trinajstić information content (AvgIpc) is 2.94. The summed E-state index contributed by atoms with van der Waals surface area (Å²) in [6.07, 6.45) is 1.66. The van der Waals surface area contributed by atoms with Crippen LogP contribution in [0.15, 0.2) is 59.7 Å². The molecule has 26 heavy (non-hydrogen) atoms. The number of nitrogens with one attached hydrogen (secondary N) is 1. The lowest BCUT2D eigenvalue weighted by Gasteiger charge is -2.06. The molecule has 1 amide bonds. The van der Waals surface area contributed by atoms with Crippen LogP contribution in [0.25, 0.3) is 0 Å². The van der Waals surface area contributed by atoms with Gasteiger partial charge in [0.1, 0.15) is 0 Å². The van der Waals surface area contributed by atoms with Crippen molar-refractivity contribution in [2.24, 2.45) is 5.10 Å². The van der Waals surface area contributed by atoms with E-state index in [0.29, 0.717) is 12.1 Å². The van der Waals surface area contributed by atoms with E-state index in [9.17, 15) is 4.79 Å². The number of aromatic nitrogens is 2. The molecule has 0 radical (unpaired) electrons. The van der Waals surface area contributed by atoms with Crippen molar-refractivity contribution in [2.45, 2.75) is 27.3 Å². The third-order valence-electron chi connectivity index (χ3n) is 4.21. The van der Waals surface area contributed by atoms with Crippen molar-refractivity contribution in [1.82, 2.24) is 15.2 Å². The number of nitrogens with zero attached hydrogens (tertiary/aromatic N) is 3. The van der Waals surface area contributed by atoms with E-state index in [0.717, 1.165) is 28.1 Å². The molecule has 0 saturated carbocycles. The Bertz CT molecular complexity index is 939. The number of amides is 1. The number of carbonyl (C=O) groups excluding carboxylic acids is 1. The van der Waals surface area contributed by atoms with Crippen LogP contribution in [-0.4, -0.2) is 21.9 Å². The first kappa shape index (κ1) is 17.6. The lowest BCUT2D eigenvalue weighted by molar-refractivity contribution is 0.0955. The molecule has 0 aliphatic carbocycles. The number of carbonyl (C=O) groups is 1. The number of rotatable bonds is 5. The highest BCUT2D eigenvalue weighted by Gasteiger charge is 2.06. The summed E-state index contributed by atoms with van der Waals surface area (Å²) in [5, 5.41) is 8.50. The van der Waals surface area contributed by atoms with E-state index in [2.05, 4.69) is 15.6 Å². The Morgan fingerprint density at radius 2 is 1.85 bits per heavy atom. The van der Waals surface area contributed by atoms with Gasteiger partial charge in [-0.3, -0.25) is 9.48 Å². The Labute approximate surface area is 153 Å². The van der Waals surface area contributed by atoms with Gasteiger partial charge in [-0.05, 0) is 55.7 Å². The standard InChI is InChI=1S/C21H22N4O/c1-15-6-4-5-7-20(15)13-22-23-21(26)19-10-8-18(9-11-19)14-25-17(3)12-16(2)24-25/h4-13H,14H2,1-3H3,(H,23,26). The highest BCUT2D eigenvalue weighted by atomic mass is 16.2. The average molecular weight is 346 g/mol. The Morgan fingerprint density at radius 1 is 1.12 bits per heavy atom. The molecular weight excluding hydrogens is 324 g/mol. The Morgan fingerprint density at radius 3 is 2.50 bits per heavy atom. The molecule has 3 rings (SSSR count). The zero-order chi connectivity index (χ0) is 18.5. The van der Waals surface area contributed by atoms with Crippen molar-refractivity contribution in [1.29, 1.82) is 0 Å². The van der Waals surface area contributed by atoms with Crippen LogP contribution in [-0.2, 0) is 6.54 Å². The van der Waals surface area contributed by atoms with Crippen molar-refractivity contribution < 1.29 is 4.79 Å². The number of benzene rings is 2. The molecule has 0 atom stereocenters. The first-order valence-corrected chi connectivity index (χ1v) is 8.52. The van der Waals surface area contributed by atoms with E-state index in [1.165, 1.54) is 0 Å². The molecule has 2 aromatic carbocycles. The summed E-state index contributed by atoms with van der Waals surface area (Å²) in [5.41, 5.74) is 8.45. The first-order valence-electron chi connectivity index (χ1n) is 8.52. The van der Waals surface area contributed by atoms with Gasteiger partial charge in [0.25, 0.3) is 5.91 Å². The molecule has 5 heteroatoms. The van der Waals surface area contributed by atoms with Crippen LogP contribution in [0, 0.1) is 20.8 Å². The number of hydrazone groups is 1. The second-order valence-electron chi connectivity index (χ2n) is 6.34. The zero-order valence-corrected chi connectivity index (χ0v) is 15.2. The van der Waals surface area contributed by atoms with Gasteiger partial charge < -0.3 is 0 Å². The minimum Gasteiger partial charge on any atom is -0.267 e. The second-order valence-corrected chi connectivity index (χ2v) is 6.34. The maximum atomic E-state index is 12.2. The van der Waals surface area contributed by atoms with E-state index in [1.807, 2.05) is 67.9 Å². The fraction of sp³-hybridized carbons (Fsp3) is 0.190. The maximum Gasteiger partial charge on any atom is 0.271 e. The molecule has 132 valence electrons. The minimum absolute atomic E-state index is 0.229. The molecule has 1 N–H and O–H groups in total. The lowest BCUT2D eigenvalue weighted by Crippen LogP contribution is -2.17. The molecule has 0 bridgehead atoms. The Kier molecular flexibility index (Phi) is 5.27. The fourth-order valence-corrected chi connectivity index (χ4v) is 2.73. The van der Waals surface area contributed by atoms with E-state index >= 15 is 0 Å². The number of hydrogen-bond donors (Lipinski definition) is 1. The molecule has 3 aromatic rings. The minimum atomic E-state index is -0.229. The van der Waals surface area contributed by atoms with E-state index < -0.39 is 0 Å². The molecule has 0 fully saturated rings. The predicted octanol–water partition coefficient (Wildman–Crippen LogP) is 3.62. The third kappa shape index (κ3) is 4.25. The van der Waals surface area contributed by atoms with Gasteiger partial charge in [0.15, 0.2) is 0 Å². The van der Waals surface area contributed by atoms with Gasteiger partial charge in [0, 0.05) is 11.3 Å². The van der Waals surface area contributed by atoms with Crippen LogP contribution in [0.3, 0.4) is 0 Å². The van der Waals surface area contributed by atoms with E-state index in [1.54, 1.807) is 18.3 Å². The molecule has 1 aromatic heterocycles. The smallest absolute Gasteiger partial charge is 0.267 e. The fourth-order valence-electron chi connectivity index (χ4n) is 2.73. The van der Waals surface area contributed by atoms with Crippen LogP contribution in [0.1, 0.15) is 38.4 Å². The molecule has 0 saturated heterocycles. The van der Waals surface area contributed by atoms with Gasteiger partial charge in [0.2, 0.25) is 0 Å². The second kappa shape index (κ2) is 7.78. The quantitative estimate of drug-likeness (QED) is 0.566. The van der Waals surface area contributed by atoms with Gasteiger partial charge >= 0.3 is 0 Å². The molecule has 0 unspecified atom stereocenters. The van der Waals surface area contributed by atoms with Gasteiger partial charge in [-0.2, -0.15) is 10.2 Å². The number of hydrogen-bond acceptors (Lipinski definition) is 3. The summed E-state index contributed by atoms with van der Waals surface area (Å²) in [6.45, 7) is 6.71. The van der Waals surface area contributed by atoms with Gasteiger partial charge in [0.05, 0.1) is 18.5 Å². The molecule has 5 nitrogen and oxygen atoms in total. The number of aryl methyl sites for hydroxylation is 3. The first-order chi connectivity index (χ1) is 12.5. The summed E-state index contributed by atoms with van der Waals surface area (Å²) in [6, 6.07) is 17.4. The largest absolute Gasteiger partial charge is 0.271 e. The van der Waals surface area contributed by atoms with E-state index in [-0.39, 0.29) is 5.91 Å². The van der Waals surface area contributed by atoms with Crippen molar-refractivity contribution in [3.63, 3.8) is 0 Å². The SMILES string of the molecule is Cc1cc(C)n(Cc2ccc(C(=O)NN=Cc3ccccc3C)cc2)n1. The molecule has 0 spiro atoms. The molecule has 1 heterocycles. The van der Waals surface area contributed by atoms with Crippen molar-refractivity contribution >= 4 is 12.1 Å². The van der Waals surface area contributed by atoms with Crippen molar-refractivity contribution in [2.75, 3.05) is 0 Å². The van der Waals surface area contributed by atoms with Crippen LogP contribution in [0.4, 0.5) is 0 Å².